The van der Waals surface area contributed by atoms with Gasteiger partial charge in [0.05, 0.1) is 20.2 Å². The summed E-state index contributed by atoms with van der Waals surface area (Å²) in [5.41, 5.74) is -0.204. The summed E-state index contributed by atoms with van der Waals surface area (Å²) in [7, 11) is 0. The highest BCUT2D eigenvalue weighted by Gasteiger charge is 2.37. The molecule has 0 aliphatic carbocycles. The molecule has 12 heteroatoms. The zero-order valence-corrected chi connectivity index (χ0v) is 21.9. The molecule has 0 saturated heterocycles. The molecule has 0 spiro atoms. The summed E-state index contributed by atoms with van der Waals surface area (Å²) in [5.74, 6) is -11.6. The van der Waals surface area contributed by atoms with E-state index < -0.39 is 40.7 Å². The van der Waals surface area contributed by atoms with E-state index in [1.54, 1.807) is 24.3 Å². The predicted octanol–water partition coefficient (Wildman–Crippen LogP) is 7.95. The number of hydrogen-bond donors (Lipinski definition) is 0. The van der Waals surface area contributed by atoms with Crippen molar-refractivity contribution in [3.8, 4) is 5.75 Å². The summed E-state index contributed by atoms with van der Waals surface area (Å²) in [6.45, 7) is 1.61. The van der Waals surface area contributed by atoms with Crippen molar-refractivity contribution < 1.29 is 31.5 Å². The minimum atomic E-state index is -2.33. The molecule has 1 aliphatic rings. The second kappa shape index (κ2) is 10.3. The topological polar surface area (TPSA) is 41.9 Å². The normalized spacial score (nSPS) is 14.6. The van der Waals surface area contributed by atoms with Crippen LogP contribution in [0.2, 0.25) is 5.02 Å². The van der Waals surface area contributed by atoms with E-state index in [0.29, 0.717) is 25.3 Å². The first-order valence-corrected chi connectivity index (χ1v) is 12.0. The van der Waals surface area contributed by atoms with Crippen LogP contribution in [0.25, 0.3) is 6.08 Å². The third-order valence-electron chi connectivity index (χ3n) is 5.09. The maximum atomic E-state index is 14.2. The van der Waals surface area contributed by atoms with Crippen LogP contribution in [0.5, 0.6) is 5.75 Å². The number of carbonyl (C=O) groups excluding carboxylic acids is 1. The minimum absolute atomic E-state index is 0.0132. The number of halogens is 8. The number of nitrogens with zero attached hydrogens (tertiary/aromatic N) is 2. The Hall–Kier alpha value is -2.76. The van der Waals surface area contributed by atoms with Crippen LogP contribution in [-0.4, -0.2) is 11.6 Å². The van der Waals surface area contributed by atoms with Gasteiger partial charge in [0.2, 0.25) is 5.82 Å². The van der Waals surface area contributed by atoms with Crippen molar-refractivity contribution in [3.63, 3.8) is 0 Å². The number of amides is 1. The molecule has 1 heterocycles. The molecule has 0 aromatic heterocycles. The van der Waals surface area contributed by atoms with E-state index in [1.165, 1.54) is 13.0 Å². The first kappa shape index (κ1) is 26.3. The van der Waals surface area contributed by atoms with Crippen molar-refractivity contribution in [2.45, 2.75) is 13.5 Å². The minimum Gasteiger partial charge on any atom is -0.487 e. The van der Waals surface area contributed by atoms with Crippen molar-refractivity contribution in [3.05, 3.63) is 96.2 Å². The third kappa shape index (κ3) is 4.91. The molecule has 0 unspecified atom stereocenters. The van der Waals surface area contributed by atoms with Crippen LogP contribution in [0.3, 0.4) is 0 Å². The van der Waals surface area contributed by atoms with E-state index in [9.17, 15) is 26.7 Å². The van der Waals surface area contributed by atoms with Gasteiger partial charge in [0.1, 0.15) is 18.0 Å². The molecule has 4 nitrogen and oxygen atoms in total. The zero-order valence-electron chi connectivity index (χ0n) is 18.0. The molecule has 0 atom stereocenters. The highest BCUT2D eigenvalue weighted by atomic mass is 79.9. The first-order chi connectivity index (χ1) is 17.0. The number of anilines is 1. The summed E-state index contributed by atoms with van der Waals surface area (Å²) >= 11 is 12.7. The lowest BCUT2D eigenvalue weighted by molar-refractivity contribution is -0.114. The standard InChI is InChI=1S/C24H12Br2ClF5N2O2/c1-10-14(24(35)34(33-10)22-20(31)18(29)17(28)19(30)21(22)32)6-12-7-15(25)23(16(26)8-12)36-9-11-2-4-13(27)5-3-11/h2-8H,9H2,1H3/b14-6+. The summed E-state index contributed by atoms with van der Waals surface area (Å²) in [4.78, 5) is 12.9. The van der Waals surface area contributed by atoms with E-state index >= 15 is 0 Å². The molecule has 0 bridgehead atoms. The Morgan fingerprint density at radius 2 is 1.47 bits per heavy atom. The van der Waals surface area contributed by atoms with Gasteiger partial charge >= 0.3 is 0 Å². The van der Waals surface area contributed by atoms with Crippen LogP contribution < -0.4 is 9.75 Å². The van der Waals surface area contributed by atoms with Gasteiger partial charge in [-0.3, -0.25) is 4.79 Å². The van der Waals surface area contributed by atoms with Gasteiger partial charge in [-0.25, -0.2) is 22.0 Å². The fourth-order valence-electron chi connectivity index (χ4n) is 3.32. The monoisotopic (exact) mass is 648 g/mol. The molecule has 0 saturated carbocycles. The Balaban J connectivity index is 1.62. The van der Waals surface area contributed by atoms with Crippen LogP contribution in [-0.2, 0) is 11.4 Å². The molecule has 4 rings (SSSR count). The molecule has 186 valence electrons. The molecule has 36 heavy (non-hydrogen) atoms. The predicted molar refractivity (Wildman–Crippen MR) is 132 cm³/mol. The lowest BCUT2D eigenvalue weighted by Crippen LogP contribution is -2.25. The maximum Gasteiger partial charge on any atom is 0.280 e. The molecule has 1 amide bonds. The van der Waals surface area contributed by atoms with Crippen molar-refractivity contribution in [1.29, 1.82) is 0 Å². The van der Waals surface area contributed by atoms with Gasteiger partial charge in [0.25, 0.3) is 5.91 Å². The zero-order chi connectivity index (χ0) is 26.3. The van der Waals surface area contributed by atoms with Gasteiger partial charge in [-0.05, 0) is 80.3 Å². The fraction of sp³-hybridized carbons (Fsp3) is 0.0833. The van der Waals surface area contributed by atoms with Gasteiger partial charge in [0.15, 0.2) is 23.3 Å². The molecule has 0 radical (unpaired) electrons. The van der Waals surface area contributed by atoms with E-state index in [0.717, 1.165) is 5.56 Å². The number of hydrogen-bond acceptors (Lipinski definition) is 3. The van der Waals surface area contributed by atoms with Crippen LogP contribution in [0.1, 0.15) is 18.1 Å². The van der Waals surface area contributed by atoms with Crippen molar-refractivity contribution >= 4 is 66.8 Å². The quantitative estimate of drug-likeness (QED) is 0.122. The Kier molecular flexibility index (Phi) is 7.53. The van der Waals surface area contributed by atoms with E-state index in [-0.39, 0.29) is 22.9 Å². The number of rotatable bonds is 5. The molecule has 3 aromatic carbocycles. The molecule has 0 fully saturated rings. The molecular weight excluding hydrogens is 639 g/mol. The highest BCUT2D eigenvalue weighted by molar-refractivity contribution is 9.11. The molecule has 0 N–H and O–H groups in total. The number of carbonyl (C=O) groups is 1. The van der Waals surface area contributed by atoms with Crippen LogP contribution >= 0.6 is 43.5 Å². The van der Waals surface area contributed by atoms with Crippen LogP contribution in [0.15, 0.2) is 56.0 Å². The Morgan fingerprint density at radius 3 is 2.03 bits per heavy atom. The fourth-order valence-corrected chi connectivity index (χ4v) is 4.90. The number of benzene rings is 3. The SMILES string of the molecule is CC1=NN(c2c(F)c(F)c(F)c(F)c2F)C(=O)/C1=C/c1cc(Br)c(OCc2ccc(Cl)cc2)c(Br)c1. The molecule has 3 aromatic rings. The first-order valence-electron chi connectivity index (χ1n) is 9.99. The summed E-state index contributed by atoms with van der Waals surface area (Å²) < 4.78 is 76.1. The number of ether oxygens (including phenoxy) is 1. The number of hydrazone groups is 1. The van der Waals surface area contributed by atoms with Crippen LogP contribution in [0.4, 0.5) is 27.6 Å². The van der Waals surface area contributed by atoms with Gasteiger partial charge in [0, 0.05) is 5.02 Å². The van der Waals surface area contributed by atoms with Gasteiger partial charge in [-0.2, -0.15) is 10.1 Å². The smallest absolute Gasteiger partial charge is 0.280 e. The lowest BCUT2D eigenvalue weighted by atomic mass is 10.1. The molecule has 1 aliphatic heterocycles. The average molecular weight is 651 g/mol. The van der Waals surface area contributed by atoms with Gasteiger partial charge in [-0.15, -0.1) is 0 Å². The Labute approximate surface area is 223 Å². The average Bonchev–Trinajstić information content (AvgIpc) is 3.10. The third-order valence-corrected chi connectivity index (χ3v) is 6.52. The summed E-state index contributed by atoms with van der Waals surface area (Å²) in [6, 6.07) is 10.3. The van der Waals surface area contributed by atoms with E-state index in [1.807, 2.05) is 12.1 Å². The van der Waals surface area contributed by atoms with Gasteiger partial charge in [-0.1, -0.05) is 23.7 Å². The lowest BCUT2D eigenvalue weighted by Gasteiger charge is -2.15. The second-order valence-electron chi connectivity index (χ2n) is 7.51. The van der Waals surface area contributed by atoms with Crippen molar-refractivity contribution in [2.75, 3.05) is 5.01 Å². The maximum absolute atomic E-state index is 14.2. The van der Waals surface area contributed by atoms with E-state index in [4.69, 9.17) is 16.3 Å². The molecular formula is C24H12Br2ClF5N2O2. The highest BCUT2D eigenvalue weighted by Crippen LogP contribution is 2.37. The van der Waals surface area contributed by atoms with Crippen LogP contribution in [0, 0.1) is 29.1 Å². The van der Waals surface area contributed by atoms with Crippen molar-refractivity contribution in [1.82, 2.24) is 0 Å². The van der Waals surface area contributed by atoms with Gasteiger partial charge < -0.3 is 4.74 Å². The van der Waals surface area contributed by atoms with E-state index in [2.05, 4.69) is 37.0 Å². The van der Waals surface area contributed by atoms with Crippen molar-refractivity contribution in [2.24, 2.45) is 5.10 Å². The Bertz CT molecular complexity index is 1410. The summed E-state index contributed by atoms with van der Waals surface area (Å²) in [6.07, 6.45) is 1.37. The second-order valence-corrected chi connectivity index (χ2v) is 9.65. The summed E-state index contributed by atoms with van der Waals surface area (Å²) in [5, 5.41) is 4.47. The largest absolute Gasteiger partial charge is 0.487 e. The Morgan fingerprint density at radius 1 is 0.944 bits per heavy atom.